The van der Waals surface area contributed by atoms with Crippen LogP contribution in [-0.4, -0.2) is 52.1 Å². The molecule has 3 N–H and O–H groups in total. The molecule has 224 valence electrons. The third-order valence-corrected chi connectivity index (χ3v) is 7.21. The van der Waals surface area contributed by atoms with Gasteiger partial charge in [-0.25, -0.2) is 4.79 Å². The summed E-state index contributed by atoms with van der Waals surface area (Å²) < 4.78 is 5.51. The number of phenols is 1. The quantitative estimate of drug-likeness (QED) is 0.285. The van der Waals surface area contributed by atoms with Gasteiger partial charge in [0.2, 0.25) is 11.8 Å². The topological polar surface area (TPSA) is 108 Å². The van der Waals surface area contributed by atoms with Gasteiger partial charge in [0.05, 0.1) is 0 Å². The summed E-state index contributed by atoms with van der Waals surface area (Å²) >= 11 is 0. The number of rotatable bonds is 12. The first kappa shape index (κ1) is 32.0. The normalized spacial score (nSPS) is 17.7. The SMILES string of the molecule is CCCCCNC(=O)C(c1cc(C)cc(C)c1)N(C(=O)C(Cc1ccc(O)cc1)NC(=O)OC(C)(C)C)C1CC1C. The maximum atomic E-state index is 14.5. The third-order valence-electron chi connectivity index (χ3n) is 7.21. The Labute approximate surface area is 244 Å². The van der Waals surface area contributed by atoms with Crippen molar-refractivity contribution in [3.05, 3.63) is 64.7 Å². The number of carbonyl (C=O) groups excluding carboxylic acids is 3. The lowest BCUT2D eigenvalue weighted by atomic mass is 9.97. The number of phenolic OH excluding ortho intramolecular Hbond substituents is 1. The molecule has 0 aromatic heterocycles. The predicted molar refractivity (Wildman–Crippen MR) is 161 cm³/mol. The number of benzene rings is 2. The van der Waals surface area contributed by atoms with Gasteiger partial charge in [-0.15, -0.1) is 0 Å². The molecule has 1 saturated carbocycles. The Balaban J connectivity index is 2.03. The minimum atomic E-state index is -0.983. The van der Waals surface area contributed by atoms with Crippen molar-refractivity contribution in [2.45, 2.75) is 104 Å². The largest absolute Gasteiger partial charge is 0.508 e. The number of hydrogen-bond acceptors (Lipinski definition) is 5. The maximum absolute atomic E-state index is 14.5. The Kier molecular flexibility index (Phi) is 10.8. The van der Waals surface area contributed by atoms with Crippen LogP contribution < -0.4 is 10.6 Å². The Bertz CT molecular complexity index is 1180. The summed E-state index contributed by atoms with van der Waals surface area (Å²) in [6, 6.07) is 10.5. The number of aromatic hydroxyl groups is 1. The number of unbranched alkanes of at least 4 members (excludes halogenated alkanes) is 2. The number of nitrogens with one attached hydrogen (secondary N) is 2. The van der Waals surface area contributed by atoms with Crippen LogP contribution in [-0.2, 0) is 20.7 Å². The Morgan fingerprint density at radius 2 is 1.66 bits per heavy atom. The van der Waals surface area contributed by atoms with Crippen LogP contribution >= 0.6 is 0 Å². The van der Waals surface area contributed by atoms with Crippen LogP contribution in [0.2, 0.25) is 0 Å². The first-order valence-corrected chi connectivity index (χ1v) is 14.7. The molecule has 0 bridgehead atoms. The van der Waals surface area contributed by atoms with E-state index in [1.165, 1.54) is 0 Å². The third kappa shape index (κ3) is 9.51. The molecule has 4 unspecified atom stereocenters. The molecule has 41 heavy (non-hydrogen) atoms. The summed E-state index contributed by atoms with van der Waals surface area (Å²) in [6.07, 6.45) is 3.15. The van der Waals surface area contributed by atoms with Crippen molar-refractivity contribution < 1.29 is 24.2 Å². The second kappa shape index (κ2) is 13.9. The first-order valence-electron chi connectivity index (χ1n) is 14.7. The molecule has 2 aromatic carbocycles. The van der Waals surface area contributed by atoms with E-state index in [0.717, 1.165) is 47.9 Å². The molecular weight excluding hydrogens is 518 g/mol. The molecular formula is C33H47N3O5. The van der Waals surface area contributed by atoms with Crippen molar-refractivity contribution in [1.82, 2.24) is 15.5 Å². The van der Waals surface area contributed by atoms with E-state index in [4.69, 9.17) is 4.74 Å². The average molecular weight is 566 g/mol. The number of ether oxygens (including phenoxy) is 1. The zero-order chi connectivity index (χ0) is 30.3. The highest BCUT2D eigenvalue weighted by atomic mass is 16.6. The minimum absolute atomic E-state index is 0.111. The second-order valence-electron chi connectivity index (χ2n) is 12.4. The van der Waals surface area contributed by atoms with Crippen molar-refractivity contribution in [1.29, 1.82) is 0 Å². The van der Waals surface area contributed by atoms with Crippen LogP contribution in [0.15, 0.2) is 42.5 Å². The van der Waals surface area contributed by atoms with E-state index in [9.17, 15) is 19.5 Å². The zero-order valence-electron chi connectivity index (χ0n) is 25.6. The lowest BCUT2D eigenvalue weighted by molar-refractivity contribution is -0.143. The van der Waals surface area contributed by atoms with Crippen LogP contribution in [0, 0.1) is 19.8 Å². The molecule has 0 radical (unpaired) electrons. The fourth-order valence-corrected chi connectivity index (χ4v) is 5.16. The minimum Gasteiger partial charge on any atom is -0.508 e. The fourth-order valence-electron chi connectivity index (χ4n) is 5.16. The summed E-state index contributed by atoms with van der Waals surface area (Å²) in [7, 11) is 0. The summed E-state index contributed by atoms with van der Waals surface area (Å²) in [5.74, 6) is -0.235. The Morgan fingerprint density at radius 3 is 2.20 bits per heavy atom. The van der Waals surface area contributed by atoms with Crippen molar-refractivity contribution in [3.8, 4) is 5.75 Å². The van der Waals surface area contributed by atoms with E-state index in [0.29, 0.717) is 6.54 Å². The number of carbonyl (C=O) groups is 3. The van der Waals surface area contributed by atoms with Gasteiger partial charge in [0.1, 0.15) is 23.4 Å². The van der Waals surface area contributed by atoms with E-state index in [-0.39, 0.29) is 35.9 Å². The van der Waals surface area contributed by atoms with Gasteiger partial charge in [0, 0.05) is 19.0 Å². The molecule has 0 heterocycles. The number of aryl methyl sites for hydroxylation is 2. The van der Waals surface area contributed by atoms with Crippen molar-refractivity contribution in [2.75, 3.05) is 6.54 Å². The first-order chi connectivity index (χ1) is 19.3. The van der Waals surface area contributed by atoms with E-state index in [2.05, 4.69) is 24.5 Å². The van der Waals surface area contributed by atoms with Crippen LogP contribution in [0.5, 0.6) is 5.75 Å². The van der Waals surface area contributed by atoms with Crippen LogP contribution in [0.4, 0.5) is 4.79 Å². The summed E-state index contributed by atoms with van der Waals surface area (Å²) in [5, 5.41) is 15.6. The van der Waals surface area contributed by atoms with Gasteiger partial charge in [-0.1, -0.05) is 68.1 Å². The Morgan fingerprint density at radius 1 is 1.05 bits per heavy atom. The van der Waals surface area contributed by atoms with Gasteiger partial charge < -0.3 is 25.4 Å². The van der Waals surface area contributed by atoms with Crippen LogP contribution in [0.3, 0.4) is 0 Å². The van der Waals surface area contributed by atoms with Gasteiger partial charge >= 0.3 is 6.09 Å². The van der Waals surface area contributed by atoms with E-state index in [1.54, 1.807) is 49.9 Å². The predicted octanol–water partition coefficient (Wildman–Crippen LogP) is 5.73. The summed E-state index contributed by atoms with van der Waals surface area (Å²) in [6.45, 7) is 14.0. The maximum Gasteiger partial charge on any atom is 0.408 e. The zero-order valence-corrected chi connectivity index (χ0v) is 25.6. The number of nitrogens with zero attached hydrogens (tertiary/aromatic N) is 1. The summed E-state index contributed by atoms with van der Waals surface area (Å²) in [4.78, 5) is 43.1. The number of amides is 3. The molecule has 2 aromatic rings. The number of alkyl carbamates (subject to hydrolysis) is 1. The average Bonchev–Trinajstić information content (AvgIpc) is 3.59. The van der Waals surface area contributed by atoms with Crippen molar-refractivity contribution in [3.63, 3.8) is 0 Å². The molecule has 3 amide bonds. The fraction of sp³-hybridized carbons (Fsp3) is 0.545. The van der Waals surface area contributed by atoms with Gasteiger partial charge in [0.25, 0.3) is 0 Å². The summed E-state index contributed by atoms with van der Waals surface area (Å²) in [5.41, 5.74) is 2.78. The molecule has 1 aliphatic rings. The highest BCUT2D eigenvalue weighted by Gasteiger charge is 2.48. The molecule has 1 fully saturated rings. The van der Waals surface area contributed by atoms with Crippen LogP contribution in [0.1, 0.15) is 88.6 Å². The number of hydrogen-bond donors (Lipinski definition) is 3. The van der Waals surface area contributed by atoms with Crippen molar-refractivity contribution in [2.24, 2.45) is 5.92 Å². The van der Waals surface area contributed by atoms with E-state index < -0.39 is 23.8 Å². The Hall–Kier alpha value is -3.55. The second-order valence-corrected chi connectivity index (χ2v) is 12.4. The molecule has 0 saturated heterocycles. The molecule has 0 aliphatic heterocycles. The molecule has 1 aliphatic carbocycles. The smallest absolute Gasteiger partial charge is 0.408 e. The van der Waals surface area contributed by atoms with Gasteiger partial charge in [0.15, 0.2) is 0 Å². The highest BCUT2D eigenvalue weighted by molar-refractivity contribution is 5.93. The molecule has 4 atom stereocenters. The van der Waals surface area contributed by atoms with Crippen molar-refractivity contribution >= 4 is 17.9 Å². The highest BCUT2D eigenvalue weighted by Crippen LogP contribution is 2.41. The van der Waals surface area contributed by atoms with E-state index in [1.807, 2.05) is 32.0 Å². The van der Waals surface area contributed by atoms with Gasteiger partial charge in [-0.2, -0.15) is 0 Å². The van der Waals surface area contributed by atoms with Gasteiger partial charge in [-0.3, -0.25) is 9.59 Å². The van der Waals surface area contributed by atoms with Crippen LogP contribution in [0.25, 0.3) is 0 Å². The lowest BCUT2D eigenvalue weighted by Crippen LogP contribution is -2.54. The molecule has 0 spiro atoms. The molecule has 8 nitrogen and oxygen atoms in total. The standard InChI is InChI=1S/C33H47N3O5/c1-8-9-10-15-34-30(38)29(25-17-21(2)16-22(3)18-25)36(28-19-23(28)4)31(39)27(35-32(40)41-33(5,6)7)20-24-11-13-26(37)14-12-24/h11-14,16-18,23,27-29,37H,8-10,15,19-20H2,1-7H3,(H,34,38)(H,35,40). The molecule has 8 heteroatoms. The van der Waals surface area contributed by atoms with Gasteiger partial charge in [-0.05, 0) is 76.6 Å². The molecule has 3 rings (SSSR count). The lowest BCUT2D eigenvalue weighted by Gasteiger charge is -2.35. The van der Waals surface area contributed by atoms with E-state index >= 15 is 0 Å². The monoisotopic (exact) mass is 565 g/mol.